The zero-order valence-corrected chi connectivity index (χ0v) is 22.1. The van der Waals surface area contributed by atoms with Crippen molar-refractivity contribution >= 4 is 11.9 Å². The van der Waals surface area contributed by atoms with Gasteiger partial charge in [-0.3, -0.25) is 4.79 Å². The second-order valence-electron chi connectivity index (χ2n) is 11.7. The minimum atomic E-state index is -0.389. The van der Waals surface area contributed by atoms with Crippen molar-refractivity contribution in [3.05, 3.63) is 46.5 Å². The van der Waals surface area contributed by atoms with Crippen molar-refractivity contribution in [1.29, 1.82) is 0 Å². The minimum absolute atomic E-state index is 0.146. The fourth-order valence-electron chi connectivity index (χ4n) is 5.30. The van der Waals surface area contributed by atoms with E-state index in [1.165, 1.54) is 12.7 Å². The van der Waals surface area contributed by atoms with Gasteiger partial charge < -0.3 is 14.2 Å². The first kappa shape index (κ1) is 25.4. The SMILES string of the molecule is COC(=O)N1C[C@H](C(=O)Cc2ccc(C)cc2C)[C@@H](c2nnc(CCCC(C)(C)C)n2C2CC2)C1. The molecule has 1 aromatic carbocycles. The lowest BCUT2D eigenvalue weighted by atomic mass is 9.87. The quantitative estimate of drug-likeness (QED) is 0.519. The number of likely N-dealkylation sites (tertiary alicyclic amines) is 1. The summed E-state index contributed by atoms with van der Waals surface area (Å²) >= 11 is 0. The van der Waals surface area contributed by atoms with Gasteiger partial charge >= 0.3 is 6.09 Å². The Labute approximate surface area is 209 Å². The average molecular weight is 481 g/mol. The Balaban J connectivity index is 1.60. The van der Waals surface area contributed by atoms with E-state index in [1.807, 2.05) is 6.07 Å². The number of amides is 1. The van der Waals surface area contributed by atoms with Crippen molar-refractivity contribution in [2.24, 2.45) is 11.3 Å². The van der Waals surface area contributed by atoms with Crippen LogP contribution in [0.2, 0.25) is 0 Å². The molecule has 4 rings (SSSR count). The summed E-state index contributed by atoms with van der Waals surface area (Å²) in [6.07, 6.45) is 5.27. The van der Waals surface area contributed by atoms with E-state index in [2.05, 4.69) is 61.5 Å². The highest BCUT2D eigenvalue weighted by molar-refractivity contribution is 5.86. The van der Waals surface area contributed by atoms with E-state index in [4.69, 9.17) is 4.74 Å². The van der Waals surface area contributed by atoms with Crippen molar-refractivity contribution < 1.29 is 14.3 Å². The Morgan fingerprint density at radius 2 is 1.86 bits per heavy atom. The molecule has 1 saturated heterocycles. The molecular weight excluding hydrogens is 440 g/mol. The normalized spacial score (nSPS) is 20.3. The van der Waals surface area contributed by atoms with Crippen LogP contribution in [0.25, 0.3) is 0 Å². The van der Waals surface area contributed by atoms with Gasteiger partial charge in [0.1, 0.15) is 17.4 Å². The average Bonchev–Trinajstić information content (AvgIpc) is 3.38. The molecule has 190 valence electrons. The molecule has 0 spiro atoms. The van der Waals surface area contributed by atoms with Crippen molar-refractivity contribution in [2.45, 2.75) is 85.1 Å². The van der Waals surface area contributed by atoms with Crippen LogP contribution in [0.5, 0.6) is 0 Å². The van der Waals surface area contributed by atoms with Crippen molar-refractivity contribution in [3.63, 3.8) is 0 Å². The summed E-state index contributed by atoms with van der Waals surface area (Å²) in [4.78, 5) is 27.7. The lowest BCUT2D eigenvalue weighted by molar-refractivity contribution is -0.122. The molecule has 2 aliphatic rings. The maximum Gasteiger partial charge on any atom is 0.409 e. The number of nitrogens with zero attached hydrogens (tertiary/aromatic N) is 4. The number of aryl methyl sites for hydroxylation is 3. The van der Waals surface area contributed by atoms with E-state index in [0.717, 1.165) is 54.9 Å². The highest BCUT2D eigenvalue weighted by Gasteiger charge is 2.44. The predicted octanol–water partition coefficient (Wildman–Crippen LogP) is 5.19. The molecule has 35 heavy (non-hydrogen) atoms. The Bertz CT molecular complexity index is 1080. The lowest BCUT2D eigenvalue weighted by Crippen LogP contribution is -2.30. The third-order valence-corrected chi connectivity index (χ3v) is 7.39. The molecule has 1 amide bonds. The molecule has 0 radical (unpaired) electrons. The van der Waals surface area contributed by atoms with Gasteiger partial charge in [-0.25, -0.2) is 4.79 Å². The Morgan fingerprint density at radius 1 is 1.11 bits per heavy atom. The molecule has 2 heterocycles. The number of ether oxygens (including phenoxy) is 1. The van der Waals surface area contributed by atoms with Crippen LogP contribution >= 0.6 is 0 Å². The molecule has 1 aromatic heterocycles. The number of ketones is 1. The fourth-order valence-corrected chi connectivity index (χ4v) is 5.30. The maximum atomic E-state index is 13.6. The second kappa shape index (κ2) is 10.1. The van der Waals surface area contributed by atoms with Crippen LogP contribution in [0.1, 0.15) is 86.8 Å². The van der Waals surface area contributed by atoms with E-state index in [0.29, 0.717) is 25.6 Å². The first-order valence-electron chi connectivity index (χ1n) is 12.9. The van der Waals surface area contributed by atoms with E-state index < -0.39 is 0 Å². The predicted molar refractivity (Wildman–Crippen MR) is 136 cm³/mol. The van der Waals surface area contributed by atoms with Gasteiger partial charge in [0.25, 0.3) is 0 Å². The number of hydrogen-bond acceptors (Lipinski definition) is 5. The zero-order valence-electron chi connectivity index (χ0n) is 22.1. The van der Waals surface area contributed by atoms with Crippen molar-refractivity contribution in [2.75, 3.05) is 20.2 Å². The van der Waals surface area contributed by atoms with E-state index in [-0.39, 0.29) is 29.1 Å². The molecule has 2 atom stereocenters. The number of carbonyl (C=O) groups excluding carboxylic acids is 2. The maximum absolute atomic E-state index is 13.6. The summed E-state index contributed by atoms with van der Waals surface area (Å²) < 4.78 is 7.31. The highest BCUT2D eigenvalue weighted by Crippen LogP contribution is 2.42. The number of carbonyl (C=O) groups is 2. The molecule has 7 heteroatoms. The first-order chi connectivity index (χ1) is 16.6. The largest absolute Gasteiger partial charge is 0.453 e. The monoisotopic (exact) mass is 480 g/mol. The minimum Gasteiger partial charge on any atom is -0.453 e. The summed E-state index contributed by atoms with van der Waals surface area (Å²) in [5.74, 6) is 1.54. The Kier molecular flexibility index (Phi) is 7.34. The van der Waals surface area contributed by atoms with Crippen LogP contribution in [0.3, 0.4) is 0 Å². The van der Waals surface area contributed by atoms with Crippen LogP contribution in [0.4, 0.5) is 4.79 Å². The summed E-state index contributed by atoms with van der Waals surface area (Å²) in [5, 5.41) is 9.25. The lowest BCUT2D eigenvalue weighted by Gasteiger charge is -2.20. The third kappa shape index (κ3) is 5.93. The van der Waals surface area contributed by atoms with Gasteiger partial charge in [-0.2, -0.15) is 0 Å². The number of methoxy groups -OCH3 is 1. The number of aromatic nitrogens is 3. The Morgan fingerprint density at radius 3 is 2.49 bits per heavy atom. The van der Waals surface area contributed by atoms with E-state index in [9.17, 15) is 9.59 Å². The smallest absolute Gasteiger partial charge is 0.409 e. The molecule has 1 aliphatic heterocycles. The summed E-state index contributed by atoms with van der Waals surface area (Å²) in [5.41, 5.74) is 3.64. The highest BCUT2D eigenvalue weighted by atomic mass is 16.5. The van der Waals surface area contributed by atoms with Crippen LogP contribution in [-0.4, -0.2) is 51.7 Å². The van der Waals surface area contributed by atoms with Gasteiger partial charge in [-0.1, -0.05) is 44.5 Å². The van der Waals surface area contributed by atoms with E-state index in [1.54, 1.807) is 4.90 Å². The topological polar surface area (TPSA) is 77.3 Å². The first-order valence-corrected chi connectivity index (χ1v) is 12.9. The Hall–Kier alpha value is -2.70. The van der Waals surface area contributed by atoms with Crippen LogP contribution in [0, 0.1) is 25.2 Å². The fraction of sp³-hybridized carbons (Fsp3) is 0.643. The summed E-state index contributed by atoms with van der Waals surface area (Å²) in [7, 11) is 1.39. The van der Waals surface area contributed by atoms with Crippen LogP contribution < -0.4 is 0 Å². The molecule has 1 saturated carbocycles. The third-order valence-electron chi connectivity index (χ3n) is 7.39. The molecule has 2 fully saturated rings. The zero-order chi connectivity index (χ0) is 25.3. The van der Waals surface area contributed by atoms with Gasteiger partial charge in [-0.15, -0.1) is 10.2 Å². The van der Waals surface area contributed by atoms with Crippen LogP contribution in [0.15, 0.2) is 18.2 Å². The number of Topliss-reactive ketones (excluding diaryl/α,β-unsaturated/α-hetero) is 1. The van der Waals surface area contributed by atoms with Crippen LogP contribution in [-0.2, 0) is 22.4 Å². The van der Waals surface area contributed by atoms with Gasteiger partial charge in [0.05, 0.1) is 7.11 Å². The molecule has 0 unspecified atom stereocenters. The molecule has 1 aliphatic carbocycles. The summed E-state index contributed by atoms with van der Waals surface area (Å²) in [6, 6.07) is 6.62. The molecule has 0 N–H and O–H groups in total. The van der Waals surface area contributed by atoms with E-state index >= 15 is 0 Å². The van der Waals surface area contributed by atoms with Crippen molar-refractivity contribution in [1.82, 2.24) is 19.7 Å². The van der Waals surface area contributed by atoms with Gasteiger partial charge in [0.15, 0.2) is 0 Å². The number of benzene rings is 1. The summed E-state index contributed by atoms with van der Waals surface area (Å²) in [6.45, 7) is 11.7. The second-order valence-corrected chi connectivity index (χ2v) is 11.7. The molecule has 2 aromatic rings. The molecular formula is C28H40N4O3. The van der Waals surface area contributed by atoms with Crippen molar-refractivity contribution in [3.8, 4) is 0 Å². The van der Waals surface area contributed by atoms with Gasteiger partial charge in [-0.05, 0) is 56.1 Å². The number of rotatable bonds is 8. The standard InChI is InChI=1S/C28H40N4O3/c1-18-9-10-20(19(2)14-18)15-24(33)22-16-31(27(34)35-6)17-23(22)26-30-29-25(32(26)21-11-12-21)8-7-13-28(3,4)5/h9-10,14,21-23H,7-8,11-13,15-17H2,1-6H3/t22-,23-/m0/s1. The van der Waals surface area contributed by atoms with Gasteiger partial charge in [0.2, 0.25) is 0 Å². The van der Waals surface area contributed by atoms with Gasteiger partial charge in [0, 0.05) is 43.8 Å². The number of hydrogen-bond donors (Lipinski definition) is 0. The molecule has 0 bridgehead atoms. The molecule has 7 nitrogen and oxygen atoms in total.